The molecule has 0 bridgehead atoms. The number of amides is 1. The van der Waals surface area contributed by atoms with E-state index in [0.29, 0.717) is 24.0 Å². The zero-order valence-electron chi connectivity index (χ0n) is 18.7. The molecule has 0 radical (unpaired) electrons. The van der Waals surface area contributed by atoms with Gasteiger partial charge in [0.05, 0.1) is 18.5 Å². The number of nitrogens with one attached hydrogen (secondary N) is 1. The minimum atomic E-state index is -0.236. The van der Waals surface area contributed by atoms with Gasteiger partial charge in [-0.15, -0.1) is 0 Å². The van der Waals surface area contributed by atoms with Gasteiger partial charge < -0.3 is 10.1 Å². The van der Waals surface area contributed by atoms with Crippen LogP contribution in [0.1, 0.15) is 74.5 Å². The minimum absolute atomic E-state index is 0.0456. The number of ether oxygens (including phenoxy) is 1. The van der Waals surface area contributed by atoms with Crippen molar-refractivity contribution < 1.29 is 14.3 Å². The van der Waals surface area contributed by atoms with Crippen molar-refractivity contribution in [2.45, 2.75) is 72.3 Å². The van der Waals surface area contributed by atoms with E-state index in [1.165, 1.54) is 32.1 Å². The number of aryl methyl sites for hydroxylation is 1. The summed E-state index contributed by atoms with van der Waals surface area (Å²) in [6, 6.07) is 7.74. The van der Waals surface area contributed by atoms with E-state index in [4.69, 9.17) is 4.74 Å². The molecule has 1 N–H and O–H groups in total. The van der Waals surface area contributed by atoms with Gasteiger partial charge in [-0.25, -0.2) is 0 Å². The maximum Gasteiger partial charge on any atom is 0.310 e. The molecular formula is C25H34N2O3. The zero-order valence-corrected chi connectivity index (χ0v) is 18.7. The smallest absolute Gasteiger partial charge is 0.310 e. The number of fused-ring (bicyclic) bond motifs is 1. The number of carbonyl (C=O) groups excluding carboxylic acids is 2. The lowest BCUT2D eigenvalue weighted by Gasteiger charge is -2.28. The van der Waals surface area contributed by atoms with Crippen molar-refractivity contribution in [3.8, 4) is 0 Å². The molecule has 0 unspecified atom stereocenters. The van der Waals surface area contributed by atoms with Crippen LogP contribution in [-0.4, -0.2) is 29.5 Å². The first-order valence-electron chi connectivity index (χ1n) is 11.2. The summed E-state index contributed by atoms with van der Waals surface area (Å²) in [5, 5.41) is 4.10. The van der Waals surface area contributed by atoms with Crippen LogP contribution in [0.5, 0.6) is 0 Å². The van der Waals surface area contributed by atoms with Gasteiger partial charge in [0.1, 0.15) is 0 Å². The highest BCUT2D eigenvalue weighted by Gasteiger charge is 2.22. The molecule has 5 heteroatoms. The Bertz CT molecular complexity index is 901. The summed E-state index contributed by atoms with van der Waals surface area (Å²) in [5.41, 5.74) is 3.04. The van der Waals surface area contributed by atoms with Crippen molar-refractivity contribution in [1.82, 2.24) is 10.3 Å². The molecule has 5 nitrogen and oxygen atoms in total. The van der Waals surface area contributed by atoms with Gasteiger partial charge >= 0.3 is 5.97 Å². The van der Waals surface area contributed by atoms with Gasteiger partial charge in [0.25, 0.3) is 5.91 Å². The van der Waals surface area contributed by atoms with E-state index in [1.807, 2.05) is 45.0 Å². The molecule has 0 aliphatic heterocycles. The fraction of sp³-hybridized carbons (Fsp3) is 0.560. The van der Waals surface area contributed by atoms with Crippen molar-refractivity contribution in [3.63, 3.8) is 0 Å². The third kappa shape index (κ3) is 5.80. The molecule has 2 aromatic rings. The van der Waals surface area contributed by atoms with Gasteiger partial charge in [0, 0.05) is 22.7 Å². The predicted molar refractivity (Wildman–Crippen MR) is 119 cm³/mol. The summed E-state index contributed by atoms with van der Waals surface area (Å²) >= 11 is 0. The Morgan fingerprint density at radius 2 is 1.87 bits per heavy atom. The van der Waals surface area contributed by atoms with Crippen LogP contribution in [0.4, 0.5) is 0 Å². The summed E-state index contributed by atoms with van der Waals surface area (Å²) < 4.78 is 5.29. The van der Waals surface area contributed by atoms with Crippen molar-refractivity contribution in [2.75, 3.05) is 6.61 Å². The summed E-state index contributed by atoms with van der Waals surface area (Å²) in [5.74, 6) is 0.605. The van der Waals surface area contributed by atoms with Crippen LogP contribution < -0.4 is 5.32 Å². The number of hydrogen-bond donors (Lipinski definition) is 1. The van der Waals surface area contributed by atoms with E-state index in [9.17, 15) is 9.59 Å². The van der Waals surface area contributed by atoms with Crippen molar-refractivity contribution in [2.24, 2.45) is 11.8 Å². The SMILES string of the molecule is Cc1nc2cc(C(=O)N[C@@H](C)C3CCCCC3)ccc2cc1CC(=O)OCC(C)C. The molecule has 1 heterocycles. The monoisotopic (exact) mass is 410 g/mol. The van der Waals surface area contributed by atoms with Crippen molar-refractivity contribution >= 4 is 22.8 Å². The van der Waals surface area contributed by atoms with Gasteiger partial charge in [-0.2, -0.15) is 0 Å². The average Bonchev–Trinajstić information content (AvgIpc) is 2.73. The van der Waals surface area contributed by atoms with Gasteiger partial charge in [0.15, 0.2) is 0 Å². The fourth-order valence-electron chi connectivity index (χ4n) is 4.14. The molecule has 30 heavy (non-hydrogen) atoms. The molecule has 1 saturated carbocycles. The third-order valence-electron chi connectivity index (χ3n) is 6.00. The fourth-order valence-corrected chi connectivity index (χ4v) is 4.14. The number of esters is 1. The Kier molecular flexibility index (Phi) is 7.46. The molecular weight excluding hydrogens is 376 g/mol. The van der Waals surface area contributed by atoms with Gasteiger partial charge in [-0.3, -0.25) is 14.6 Å². The quantitative estimate of drug-likeness (QED) is 0.654. The molecule has 162 valence electrons. The Hall–Kier alpha value is -2.43. The van der Waals surface area contributed by atoms with E-state index < -0.39 is 0 Å². The molecule has 1 atom stereocenters. The Labute approximate surface area is 179 Å². The number of pyridine rings is 1. The highest BCUT2D eigenvalue weighted by molar-refractivity contribution is 5.98. The van der Waals surface area contributed by atoms with Crippen LogP contribution >= 0.6 is 0 Å². The topological polar surface area (TPSA) is 68.3 Å². The molecule has 1 fully saturated rings. The lowest BCUT2D eigenvalue weighted by molar-refractivity contribution is -0.143. The molecule has 3 rings (SSSR count). The second-order valence-electron chi connectivity index (χ2n) is 9.05. The second kappa shape index (κ2) is 10.1. The predicted octanol–water partition coefficient (Wildman–Crippen LogP) is 4.98. The van der Waals surface area contributed by atoms with Crippen LogP contribution in [0, 0.1) is 18.8 Å². The lowest BCUT2D eigenvalue weighted by Crippen LogP contribution is -2.38. The third-order valence-corrected chi connectivity index (χ3v) is 6.00. The number of benzene rings is 1. The highest BCUT2D eigenvalue weighted by atomic mass is 16.5. The standard InChI is InChI=1S/C25H34N2O3/c1-16(2)15-30-24(28)14-22-12-20-10-11-21(13-23(20)26-18(22)4)25(29)27-17(3)19-8-6-5-7-9-19/h10-13,16-17,19H,5-9,14-15H2,1-4H3,(H,27,29)/t17-/m0/s1. The van der Waals surface area contributed by atoms with Crippen LogP contribution in [-0.2, 0) is 16.0 Å². The van der Waals surface area contributed by atoms with Crippen molar-refractivity contribution in [1.29, 1.82) is 0 Å². The van der Waals surface area contributed by atoms with E-state index in [1.54, 1.807) is 0 Å². The average molecular weight is 411 g/mol. The minimum Gasteiger partial charge on any atom is -0.465 e. The molecule has 0 spiro atoms. The number of carbonyl (C=O) groups is 2. The Morgan fingerprint density at radius 1 is 1.13 bits per heavy atom. The van der Waals surface area contributed by atoms with E-state index in [2.05, 4.69) is 17.2 Å². The number of hydrogen-bond acceptors (Lipinski definition) is 4. The lowest BCUT2D eigenvalue weighted by atomic mass is 9.84. The van der Waals surface area contributed by atoms with Crippen LogP contribution in [0.3, 0.4) is 0 Å². The highest BCUT2D eigenvalue weighted by Crippen LogP contribution is 2.26. The molecule has 1 aliphatic carbocycles. The van der Waals surface area contributed by atoms with Crippen LogP contribution in [0.25, 0.3) is 10.9 Å². The first-order valence-corrected chi connectivity index (χ1v) is 11.2. The first-order chi connectivity index (χ1) is 14.3. The summed E-state index contributed by atoms with van der Waals surface area (Å²) in [6.45, 7) is 8.46. The first kappa shape index (κ1) is 22.3. The van der Waals surface area contributed by atoms with Gasteiger partial charge in [0.2, 0.25) is 0 Å². The number of rotatable bonds is 7. The summed E-state index contributed by atoms with van der Waals surface area (Å²) in [7, 11) is 0. The number of nitrogens with zero attached hydrogens (tertiary/aromatic N) is 1. The Balaban J connectivity index is 1.69. The molecule has 1 aromatic carbocycles. The largest absolute Gasteiger partial charge is 0.465 e. The maximum atomic E-state index is 12.8. The van der Waals surface area contributed by atoms with E-state index in [0.717, 1.165) is 22.2 Å². The molecule has 1 amide bonds. The molecule has 0 saturated heterocycles. The Morgan fingerprint density at radius 3 is 2.57 bits per heavy atom. The second-order valence-corrected chi connectivity index (χ2v) is 9.05. The molecule has 1 aromatic heterocycles. The van der Waals surface area contributed by atoms with Gasteiger partial charge in [-0.1, -0.05) is 39.2 Å². The van der Waals surface area contributed by atoms with Crippen LogP contribution in [0.2, 0.25) is 0 Å². The summed E-state index contributed by atoms with van der Waals surface area (Å²) in [6.07, 6.45) is 6.44. The number of aromatic nitrogens is 1. The van der Waals surface area contributed by atoms with E-state index >= 15 is 0 Å². The normalized spacial score (nSPS) is 15.9. The van der Waals surface area contributed by atoms with Crippen molar-refractivity contribution in [3.05, 3.63) is 41.1 Å². The van der Waals surface area contributed by atoms with Crippen LogP contribution in [0.15, 0.2) is 24.3 Å². The van der Waals surface area contributed by atoms with E-state index in [-0.39, 0.29) is 24.3 Å². The maximum absolute atomic E-state index is 12.8. The molecule has 1 aliphatic rings. The summed E-state index contributed by atoms with van der Waals surface area (Å²) in [4.78, 5) is 29.5. The van der Waals surface area contributed by atoms with Gasteiger partial charge in [-0.05, 0) is 62.3 Å². The zero-order chi connectivity index (χ0) is 21.7.